The maximum atomic E-state index is 14.2. The number of nitrogens with zero attached hydrogens (tertiary/aromatic N) is 1. The summed E-state index contributed by atoms with van der Waals surface area (Å²) in [5, 5.41) is 13.6. The van der Waals surface area contributed by atoms with Crippen molar-refractivity contribution in [3.05, 3.63) is 119 Å². The molecular formula is C39H39N5O4S. The van der Waals surface area contributed by atoms with Gasteiger partial charge >= 0.3 is 6.09 Å². The van der Waals surface area contributed by atoms with Crippen LogP contribution < -0.4 is 21.7 Å². The third-order valence-corrected chi connectivity index (χ3v) is 9.31. The molecule has 250 valence electrons. The number of carbonyl (C=O) groups is 3. The van der Waals surface area contributed by atoms with Crippen molar-refractivity contribution in [1.29, 1.82) is 0 Å². The third kappa shape index (κ3) is 8.16. The van der Waals surface area contributed by atoms with Crippen LogP contribution in [0.4, 0.5) is 10.6 Å². The van der Waals surface area contributed by atoms with Crippen LogP contribution in [0.2, 0.25) is 0 Å². The molecule has 0 aliphatic heterocycles. The Kier molecular flexibility index (Phi) is 9.77. The van der Waals surface area contributed by atoms with E-state index in [9.17, 15) is 14.4 Å². The van der Waals surface area contributed by atoms with E-state index >= 15 is 0 Å². The molecule has 4 aromatic carbocycles. The molecule has 49 heavy (non-hydrogen) atoms. The molecule has 5 N–H and O–H groups in total. The summed E-state index contributed by atoms with van der Waals surface area (Å²) >= 11 is 1.52. The minimum atomic E-state index is -1.03. The van der Waals surface area contributed by atoms with Gasteiger partial charge in [0, 0.05) is 34.0 Å². The van der Waals surface area contributed by atoms with Crippen LogP contribution in [0.1, 0.15) is 36.8 Å². The van der Waals surface area contributed by atoms with Gasteiger partial charge in [-0.15, -0.1) is 11.3 Å². The first-order valence-corrected chi connectivity index (χ1v) is 17.0. The van der Waals surface area contributed by atoms with Crippen LogP contribution in [-0.4, -0.2) is 40.6 Å². The van der Waals surface area contributed by atoms with Gasteiger partial charge in [-0.2, -0.15) is 0 Å². The summed E-state index contributed by atoms with van der Waals surface area (Å²) in [4.78, 5) is 46.3. The summed E-state index contributed by atoms with van der Waals surface area (Å²) in [5.74, 6) is -0.423. The van der Waals surface area contributed by atoms with Gasteiger partial charge in [-0.3, -0.25) is 9.59 Å². The number of aromatic nitrogens is 1. The zero-order chi connectivity index (χ0) is 34.5. The molecule has 0 unspecified atom stereocenters. The van der Waals surface area contributed by atoms with Crippen molar-refractivity contribution in [2.75, 3.05) is 5.73 Å². The minimum absolute atomic E-state index is 0.187. The molecule has 9 nitrogen and oxygen atoms in total. The monoisotopic (exact) mass is 673 g/mol. The number of hydrogen-bond donors (Lipinski definition) is 4. The number of carbonyl (C=O) groups excluding carboxylic acids is 3. The van der Waals surface area contributed by atoms with Crippen molar-refractivity contribution >= 4 is 66.7 Å². The summed E-state index contributed by atoms with van der Waals surface area (Å²) in [7, 11) is 0. The van der Waals surface area contributed by atoms with E-state index in [1.807, 2.05) is 97.1 Å². The maximum Gasteiger partial charge on any atom is 0.408 e. The maximum absolute atomic E-state index is 14.2. The Morgan fingerprint density at radius 1 is 0.755 bits per heavy atom. The average Bonchev–Trinajstić information content (AvgIpc) is 3.50. The summed E-state index contributed by atoms with van der Waals surface area (Å²) in [5.41, 5.74) is 7.08. The lowest BCUT2D eigenvalue weighted by atomic mass is 9.96. The van der Waals surface area contributed by atoms with Crippen molar-refractivity contribution in [3.8, 4) is 0 Å². The molecule has 0 spiro atoms. The molecular weight excluding hydrogens is 635 g/mol. The first-order valence-electron chi connectivity index (χ1n) is 16.2. The number of benzene rings is 4. The number of amides is 3. The standard InChI is InChI=1S/C39H39N5O4S/c1-39(2,3)48-38(47)44-33(21-27-15-9-13-25-11-5-7-17-30(25)27)37(46)43-32(20-26-14-8-12-24-10-4-6-16-29(24)26)36(45)42-23-28-22-31-34(49-28)18-19-41-35(31)40/h4-19,22,32-33H,20-21,23H2,1-3H3,(H2,40,41)(H,42,45)(H,43,46)(H,44,47)/t32-,33+/m0/s1. The van der Waals surface area contributed by atoms with E-state index in [2.05, 4.69) is 20.9 Å². The van der Waals surface area contributed by atoms with Gasteiger partial charge < -0.3 is 26.4 Å². The van der Waals surface area contributed by atoms with Gasteiger partial charge in [-0.05, 0) is 65.6 Å². The molecule has 10 heteroatoms. The number of pyridine rings is 1. The highest BCUT2D eigenvalue weighted by Crippen LogP contribution is 2.28. The molecule has 0 bridgehead atoms. The molecule has 2 aromatic heterocycles. The fourth-order valence-electron chi connectivity index (χ4n) is 5.94. The Hall–Kier alpha value is -5.48. The highest BCUT2D eigenvalue weighted by molar-refractivity contribution is 7.19. The SMILES string of the molecule is CC(C)(C)OC(=O)N[C@H](Cc1cccc2ccccc12)C(=O)N[C@@H](Cc1cccc2ccccc12)C(=O)NCc1cc2c(N)nccc2s1. The Morgan fingerprint density at radius 3 is 1.92 bits per heavy atom. The highest BCUT2D eigenvalue weighted by Gasteiger charge is 2.30. The molecule has 0 saturated carbocycles. The smallest absolute Gasteiger partial charge is 0.408 e. The van der Waals surface area contributed by atoms with Crippen LogP contribution in [0, 0.1) is 0 Å². The van der Waals surface area contributed by atoms with Gasteiger partial charge in [-0.1, -0.05) is 84.9 Å². The van der Waals surface area contributed by atoms with Crippen LogP contribution in [0.15, 0.2) is 103 Å². The summed E-state index contributed by atoms with van der Waals surface area (Å²) in [6.07, 6.45) is 1.36. The summed E-state index contributed by atoms with van der Waals surface area (Å²) < 4.78 is 6.51. The van der Waals surface area contributed by atoms with Crippen LogP contribution in [0.5, 0.6) is 0 Å². The number of ether oxygens (including phenoxy) is 1. The fraction of sp³-hybridized carbons (Fsp3) is 0.231. The fourth-order valence-corrected chi connectivity index (χ4v) is 6.95. The van der Waals surface area contributed by atoms with Crippen molar-refractivity contribution in [1.82, 2.24) is 20.9 Å². The summed E-state index contributed by atoms with van der Waals surface area (Å²) in [6.45, 7) is 5.53. The number of nitrogens with one attached hydrogen (secondary N) is 3. The van der Waals surface area contributed by atoms with Crippen LogP contribution >= 0.6 is 11.3 Å². The van der Waals surface area contributed by atoms with Crippen LogP contribution in [0.25, 0.3) is 31.6 Å². The molecule has 2 atom stereocenters. The Labute approximate surface area is 288 Å². The van der Waals surface area contributed by atoms with Crippen molar-refractivity contribution in [2.45, 2.75) is 57.8 Å². The molecule has 3 amide bonds. The molecule has 0 saturated heterocycles. The molecule has 2 heterocycles. The van der Waals surface area contributed by atoms with E-state index < -0.39 is 29.7 Å². The number of hydrogen-bond acceptors (Lipinski definition) is 7. The zero-order valence-corrected chi connectivity index (χ0v) is 28.5. The quantitative estimate of drug-likeness (QED) is 0.128. The molecule has 0 fully saturated rings. The van der Waals surface area contributed by atoms with Gasteiger partial charge in [0.25, 0.3) is 0 Å². The molecule has 0 aliphatic carbocycles. The largest absolute Gasteiger partial charge is 0.444 e. The minimum Gasteiger partial charge on any atom is -0.444 e. The number of rotatable bonds is 10. The lowest BCUT2D eigenvalue weighted by Gasteiger charge is -2.26. The van der Waals surface area contributed by atoms with E-state index in [-0.39, 0.29) is 25.3 Å². The normalized spacial score (nSPS) is 12.8. The number of thiophene rings is 1. The molecule has 6 aromatic rings. The molecule has 0 radical (unpaired) electrons. The first kappa shape index (κ1) is 33.4. The molecule has 6 rings (SSSR count). The Bertz CT molecular complexity index is 2140. The number of anilines is 1. The Morgan fingerprint density at radius 2 is 1.33 bits per heavy atom. The second-order valence-corrected chi connectivity index (χ2v) is 14.2. The zero-order valence-electron chi connectivity index (χ0n) is 27.7. The van der Waals surface area contributed by atoms with Crippen molar-refractivity contribution < 1.29 is 19.1 Å². The van der Waals surface area contributed by atoms with E-state index in [0.29, 0.717) is 5.82 Å². The lowest BCUT2D eigenvalue weighted by molar-refractivity contribution is -0.130. The van der Waals surface area contributed by atoms with Gasteiger partial charge in [0.1, 0.15) is 23.5 Å². The summed E-state index contributed by atoms with van der Waals surface area (Å²) in [6, 6.07) is 29.4. The van der Waals surface area contributed by atoms with E-state index in [4.69, 9.17) is 10.5 Å². The predicted octanol–water partition coefficient (Wildman–Crippen LogP) is 6.66. The topological polar surface area (TPSA) is 135 Å². The predicted molar refractivity (Wildman–Crippen MR) is 196 cm³/mol. The Balaban J connectivity index is 1.29. The van der Waals surface area contributed by atoms with Gasteiger partial charge in [0.05, 0.1) is 6.54 Å². The number of nitrogens with two attached hydrogens (primary N) is 1. The van der Waals surface area contributed by atoms with E-state index in [0.717, 1.165) is 47.6 Å². The number of alkyl carbamates (subject to hydrolysis) is 1. The van der Waals surface area contributed by atoms with E-state index in [1.54, 1.807) is 27.0 Å². The van der Waals surface area contributed by atoms with E-state index in [1.165, 1.54) is 11.3 Å². The van der Waals surface area contributed by atoms with Gasteiger partial charge in [-0.25, -0.2) is 9.78 Å². The number of fused-ring (bicyclic) bond motifs is 3. The van der Waals surface area contributed by atoms with Crippen molar-refractivity contribution in [2.24, 2.45) is 0 Å². The second kappa shape index (κ2) is 14.3. The lowest BCUT2D eigenvalue weighted by Crippen LogP contribution is -2.55. The number of nitrogen functional groups attached to an aromatic ring is 1. The highest BCUT2D eigenvalue weighted by atomic mass is 32.1. The van der Waals surface area contributed by atoms with Gasteiger partial charge in [0.2, 0.25) is 11.8 Å². The first-order chi connectivity index (χ1) is 23.5. The van der Waals surface area contributed by atoms with Crippen LogP contribution in [0.3, 0.4) is 0 Å². The van der Waals surface area contributed by atoms with Crippen molar-refractivity contribution in [3.63, 3.8) is 0 Å². The third-order valence-electron chi connectivity index (χ3n) is 8.21. The van der Waals surface area contributed by atoms with Gasteiger partial charge in [0.15, 0.2) is 0 Å². The average molecular weight is 674 g/mol. The van der Waals surface area contributed by atoms with Crippen LogP contribution in [-0.2, 0) is 33.7 Å². The second-order valence-electron chi connectivity index (χ2n) is 13.0. The molecule has 0 aliphatic rings.